The molecule has 186 valence electrons. The second kappa shape index (κ2) is 8.90. The Morgan fingerprint density at radius 2 is 1.78 bits per heavy atom. The van der Waals surface area contributed by atoms with Crippen molar-refractivity contribution in [1.29, 1.82) is 0 Å². The highest BCUT2D eigenvalue weighted by Gasteiger charge is 2.26. The SMILES string of the molecule is COc1ccc(OC)c(-n2c(N)c(C(=O)NCc3ccc4c(c3)OCO4)c3nc4ccccc4nc32)c1. The van der Waals surface area contributed by atoms with Crippen LogP contribution >= 0.6 is 0 Å². The fraction of sp³-hybridized carbons (Fsp3) is 0.148. The van der Waals surface area contributed by atoms with Gasteiger partial charge in [0.15, 0.2) is 17.1 Å². The molecule has 2 aromatic heterocycles. The molecule has 0 spiro atoms. The maximum Gasteiger partial charge on any atom is 0.257 e. The molecule has 0 unspecified atom stereocenters. The summed E-state index contributed by atoms with van der Waals surface area (Å²) in [5.41, 5.74) is 10.4. The Bertz CT molecular complexity index is 1680. The minimum Gasteiger partial charge on any atom is -0.497 e. The summed E-state index contributed by atoms with van der Waals surface area (Å²) in [4.78, 5) is 23.2. The number of nitrogens with one attached hydrogen (secondary N) is 1. The molecule has 0 atom stereocenters. The predicted molar refractivity (Wildman–Crippen MR) is 138 cm³/mol. The van der Waals surface area contributed by atoms with Gasteiger partial charge in [-0.1, -0.05) is 18.2 Å². The molecule has 1 aliphatic heterocycles. The van der Waals surface area contributed by atoms with E-state index in [9.17, 15) is 4.79 Å². The Kier molecular flexibility index (Phi) is 5.41. The first-order valence-electron chi connectivity index (χ1n) is 11.5. The molecule has 3 N–H and O–H groups in total. The van der Waals surface area contributed by atoms with E-state index >= 15 is 0 Å². The number of amides is 1. The molecule has 0 bridgehead atoms. The van der Waals surface area contributed by atoms with Crippen molar-refractivity contribution in [2.24, 2.45) is 0 Å². The van der Waals surface area contributed by atoms with Crippen LogP contribution in [0.25, 0.3) is 27.9 Å². The third-order valence-electron chi connectivity index (χ3n) is 6.24. The van der Waals surface area contributed by atoms with Crippen molar-refractivity contribution in [3.8, 4) is 28.7 Å². The summed E-state index contributed by atoms with van der Waals surface area (Å²) < 4.78 is 23.5. The molecule has 0 aliphatic carbocycles. The molecule has 3 heterocycles. The number of fused-ring (bicyclic) bond motifs is 3. The molecule has 0 radical (unpaired) electrons. The van der Waals surface area contributed by atoms with Crippen molar-refractivity contribution in [2.45, 2.75) is 6.54 Å². The maximum absolute atomic E-state index is 13.6. The number of hydrogen-bond donors (Lipinski definition) is 2. The molecule has 3 aromatic carbocycles. The highest BCUT2D eigenvalue weighted by Crippen LogP contribution is 2.37. The van der Waals surface area contributed by atoms with Crippen LogP contribution in [0.15, 0.2) is 60.7 Å². The van der Waals surface area contributed by atoms with Gasteiger partial charge in [0.25, 0.3) is 5.91 Å². The second-order valence-corrected chi connectivity index (χ2v) is 8.39. The molecular formula is C27H23N5O5. The average Bonchev–Trinajstić information content (AvgIpc) is 3.51. The highest BCUT2D eigenvalue weighted by molar-refractivity contribution is 6.11. The van der Waals surface area contributed by atoms with Crippen molar-refractivity contribution >= 4 is 33.9 Å². The van der Waals surface area contributed by atoms with Gasteiger partial charge in [-0.2, -0.15) is 0 Å². The maximum atomic E-state index is 13.6. The van der Waals surface area contributed by atoms with E-state index in [4.69, 9.17) is 34.6 Å². The van der Waals surface area contributed by atoms with Crippen molar-refractivity contribution in [3.05, 3.63) is 71.8 Å². The summed E-state index contributed by atoms with van der Waals surface area (Å²) in [5, 5.41) is 2.95. The average molecular weight is 498 g/mol. The van der Waals surface area contributed by atoms with Crippen LogP contribution in [0, 0.1) is 0 Å². The summed E-state index contributed by atoms with van der Waals surface area (Å²) in [7, 11) is 3.14. The lowest BCUT2D eigenvalue weighted by Gasteiger charge is -2.14. The normalized spacial score (nSPS) is 12.2. The highest BCUT2D eigenvalue weighted by atomic mass is 16.7. The minimum absolute atomic E-state index is 0.181. The zero-order chi connectivity index (χ0) is 25.5. The molecule has 0 fully saturated rings. The van der Waals surface area contributed by atoms with Crippen LogP contribution in [-0.2, 0) is 6.54 Å². The number of aromatic nitrogens is 3. The van der Waals surface area contributed by atoms with Gasteiger partial charge >= 0.3 is 0 Å². The summed E-state index contributed by atoms with van der Waals surface area (Å²) in [6.45, 7) is 0.437. The smallest absolute Gasteiger partial charge is 0.257 e. The van der Waals surface area contributed by atoms with E-state index in [0.29, 0.717) is 50.9 Å². The van der Waals surface area contributed by atoms with E-state index in [0.717, 1.165) is 5.56 Å². The van der Waals surface area contributed by atoms with E-state index in [1.54, 1.807) is 37.0 Å². The van der Waals surface area contributed by atoms with Crippen LogP contribution in [0.2, 0.25) is 0 Å². The Balaban J connectivity index is 1.48. The Morgan fingerprint density at radius 3 is 2.57 bits per heavy atom. The Morgan fingerprint density at radius 1 is 1.00 bits per heavy atom. The van der Waals surface area contributed by atoms with E-state index in [1.165, 1.54) is 0 Å². The van der Waals surface area contributed by atoms with Gasteiger partial charge in [0.2, 0.25) is 6.79 Å². The summed E-state index contributed by atoms with van der Waals surface area (Å²) >= 11 is 0. The van der Waals surface area contributed by atoms with Gasteiger partial charge in [0.1, 0.15) is 28.4 Å². The summed E-state index contributed by atoms with van der Waals surface area (Å²) in [6, 6.07) is 18.3. The quantitative estimate of drug-likeness (QED) is 0.363. The molecule has 0 saturated carbocycles. The molecule has 0 saturated heterocycles. The first kappa shape index (κ1) is 22.5. The number of ether oxygens (including phenoxy) is 4. The number of nitrogen functional groups attached to an aromatic ring is 1. The number of methoxy groups -OCH3 is 2. The standard InChI is InChI=1S/C27H23N5O5/c1-34-16-8-10-20(35-2)19(12-16)32-25(28)23(24-26(32)31-18-6-4-3-5-17(18)30-24)27(33)29-13-15-7-9-21-22(11-15)37-14-36-21/h3-12H,13-14,28H2,1-2H3,(H,29,33). The van der Waals surface area contributed by atoms with Gasteiger partial charge in [-0.05, 0) is 42.0 Å². The molecule has 1 amide bonds. The molecule has 5 aromatic rings. The van der Waals surface area contributed by atoms with Gasteiger partial charge in [0.05, 0.1) is 30.9 Å². The molecule has 10 nitrogen and oxygen atoms in total. The number of carbonyl (C=O) groups is 1. The van der Waals surface area contributed by atoms with Crippen molar-refractivity contribution in [1.82, 2.24) is 19.9 Å². The lowest BCUT2D eigenvalue weighted by atomic mass is 10.2. The van der Waals surface area contributed by atoms with Gasteiger partial charge < -0.3 is 30.0 Å². The predicted octanol–water partition coefficient (Wildman–Crippen LogP) is 3.83. The molecule has 10 heteroatoms. The van der Waals surface area contributed by atoms with Gasteiger partial charge in [-0.3, -0.25) is 9.36 Å². The number of benzene rings is 3. The van der Waals surface area contributed by atoms with Crippen molar-refractivity contribution < 1.29 is 23.7 Å². The van der Waals surface area contributed by atoms with Crippen LogP contribution in [0.1, 0.15) is 15.9 Å². The molecule has 1 aliphatic rings. The van der Waals surface area contributed by atoms with Gasteiger partial charge in [-0.15, -0.1) is 0 Å². The fourth-order valence-corrected chi connectivity index (χ4v) is 4.42. The number of para-hydroxylation sites is 2. The zero-order valence-electron chi connectivity index (χ0n) is 20.1. The topological polar surface area (TPSA) is 123 Å². The van der Waals surface area contributed by atoms with Crippen molar-refractivity contribution in [2.75, 3.05) is 26.7 Å². The van der Waals surface area contributed by atoms with Crippen LogP contribution in [0.3, 0.4) is 0 Å². The fourth-order valence-electron chi connectivity index (χ4n) is 4.42. The van der Waals surface area contributed by atoms with Crippen LogP contribution in [0.5, 0.6) is 23.0 Å². The van der Waals surface area contributed by atoms with Crippen molar-refractivity contribution in [3.63, 3.8) is 0 Å². The van der Waals surface area contributed by atoms with Crippen LogP contribution < -0.4 is 30.0 Å². The third kappa shape index (κ3) is 3.79. The van der Waals surface area contributed by atoms with Crippen LogP contribution in [0.4, 0.5) is 5.82 Å². The van der Waals surface area contributed by atoms with Gasteiger partial charge in [0, 0.05) is 12.6 Å². The number of nitrogens with two attached hydrogens (primary N) is 1. The first-order chi connectivity index (χ1) is 18.1. The second-order valence-electron chi connectivity index (χ2n) is 8.39. The minimum atomic E-state index is -0.384. The van der Waals surface area contributed by atoms with E-state index < -0.39 is 0 Å². The Hall–Kier alpha value is -4.99. The number of hydrogen-bond acceptors (Lipinski definition) is 8. The third-order valence-corrected chi connectivity index (χ3v) is 6.24. The van der Waals surface area contributed by atoms with E-state index in [-0.39, 0.29) is 30.6 Å². The lowest BCUT2D eigenvalue weighted by Crippen LogP contribution is -2.24. The molecule has 6 rings (SSSR count). The van der Waals surface area contributed by atoms with E-state index in [2.05, 4.69) is 5.32 Å². The number of rotatable bonds is 6. The lowest BCUT2D eigenvalue weighted by molar-refractivity contribution is 0.0953. The number of nitrogens with zero attached hydrogens (tertiary/aromatic N) is 3. The Labute approximate surface area is 211 Å². The van der Waals surface area contributed by atoms with E-state index in [1.807, 2.05) is 42.5 Å². The first-order valence-corrected chi connectivity index (χ1v) is 11.5. The summed E-state index contributed by atoms with van der Waals surface area (Å²) in [6.07, 6.45) is 0. The zero-order valence-corrected chi connectivity index (χ0v) is 20.1. The van der Waals surface area contributed by atoms with Crippen LogP contribution in [-0.4, -0.2) is 41.5 Å². The van der Waals surface area contributed by atoms with Gasteiger partial charge in [-0.25, -0.2) is 9.97 Å². The monoisotopic (exact) mass is 497 g/mol. The molecule has 37 heavy (non-hydrogen) atoms. The molecular weight excluding hydrogens is 474 g/mol. The summed E-state index contributed by atoms with van der Waals surface area (Å²) in [5.74, 6) is 2.25. The number of anilines is 1. The largest absolute Gasteiger partial charge is 0.497 e. The number of carbonyl (C=O) groups excluding carboxylic acids is 1.